The number of hydrogen-bond donors (Lipinski definition) is 1. The monoisotopic (exact) mass is 354 g/mol. The Balaban J connectivity index is 1.47. The van der Waals surface area contributed by atoms with Gasteiger partial charge in [-0.3, -0.25) is 0 Å². The Morgan fingerprint density at radius 3 is 2.80 bits per heavy atom. The second kappa shape index (κ2) is 7.98. The van der Waals surface area contributed by atoms with Gasteiger partial charge in [0.1, 0.15) is 0 Å². The average Bonchev–Trinajstić information content (AvgIpc) is 3.25. The third kappa shape index (κ3) is 4.48. The summed E-state index contributed by atoms with van der Waals surface area (Å²) in [7, 11) is 1.82. The van der Waals surface area contributed by atoms with Crippen molar-refractivity contribution >= 4 is 17.4 Å². The van der Waals surface area contributed by atoms with Gasteiger partial charge < -0.3 is 10.2 Å². The zero-order valence-electron chi connectivity index (χ0n) is 14.5. The maximum absolute atomic E-state index is 12.2. The predicted octanol–water partition coefficient (Wildman–Crippen LogP) is 3.63. The number of carbonyl (C=O) groups excluding carboxylic acids is 1. The number of amides is 2. The lowest BCUT2D eigenvalue weighted by Crippen LogP contribution is -2.37. The number of benzene rings is 1. The smallest absolute Gasteiger partial charge is 0.317 e. The number of thiophene rings is 1. The Morgan fingerprint density at radius 2 is 2.08 bits per heavy atom. The van der Waals surface area contributed by atoms with E-state index in [1.807, 2.05) is 54.5 Å². The van der Waals surface area contributed by atoms with E-state index in [9.17, 15) is 4.79 Å². The Morgan fingerprint density at radius 1 is 1.28 bits per heavy atom. The molecule has 2 aromatic heterocycles. The van der Waals surface area contributed by atoms with E-state index in [1.165, 1.54) is 10.4 Å². The van der Waals surface area contributed by atoms with Crippen LogP contribution in [-0.2, 0) is 13.0 Å². The fraction of sp³-hybridized carbons (Fsp3) is 0.263. The van der Waals surface area contributed by atoms with Crippen molar-refractivity contribution in [1.29, 1.82) is 0 Å². The summed E-state index contributed by atoms with van der Waals surface area (Å²) in [6.45, 7) is 3.30. The summed E-state index contributed by atoms with van der Waals surface area (Å²) >= 11 is 1.68. The van der Waals surface area contributed by atoms with Crippen LogP contribution in [0.5, 0.6) is 0 Å². The lowest BCUT2D eigenvalue weighted by atomic mass is 10.2. The van der Waals surface area contributed by atoms with Crippen LogP contribution in [0.15, 0.2) is 54.2 Å². The molecule has 0 fully saturated rings. The number of nitrogens with zero attached hydrogens (tertiary/aromatic N) is 3. The molecule has 130 valence electrons. The molecule has 0 aliphatic heterocycles. The van der Waals surface area contributed by atoms with Gasteiger partial charge in [-0.25, -0.2) is 9.48 Å². The minimum Gasteiger partial charge on any atom is -0.338 e. The topological polar surface area (TPSA) is 50.2 Å². The standard InChI is InChI=1S/C19H22N4OS/c1-15-9-11-25-18(15)14-22(2)19(24)20-10-8-16-12-21-23(13-16)17-6-4-3-5-7-17/h3-7,9,11-13H,8,10,14H2,1-2H3,(H,20,24). The molecule has 0 atom stereocenters. The molecule has 0 spiro atoms. The van der Waals surface area contributed by atoms with Gasteiger partial charge in [0.05, 0.1) is 18.4 Å². The molecule has 0 unspecified atom stereocenters. The summed E-state index contributed by atoms with van der Waals surface area (Å²) in [5.74, 6) is 0. The lowest BCUT2D eigenvalue weighted by Gasteiger charge is -2.17. The van der Waals surface area contributed by atoms with Gasteiger partial charge in [0, 0.05) is 24.7 Å². The molecule has 25 heavy (non-hydrogen) atoms. The van der Waals surface area contributed by atoms with Crippen LogP contribution in [0.1, 0.15) is 16.0 Å². The first-order valence-electron chi connectivity index (χ1n) is 8.24. The molecule has 0 aliphatic rings. The minimum absolute atomic E-state index is 0.0525. The van der Waals surface area contributed by atoms with E-state index >= 15 is 0 Å². The maximum atomic E-state index is 12.2. The molecular weight excluding hydrogens is 332 g/mol. The average molecular weight is 354 g/mol. The van der Waals surface area contributed by atoms with E-state index in [1.54, 1.807) is 16.2 Å². The number of para-hydroxylation sites is 1. The second-order valence-corrected chi connectivity index (χ2v) is 6.99. The highest BCUT2D eigenvalue weighted by Crippen LogP contribution is 2.17. The first kappa shape index (κ1) is 17.2. The van der Waals surface area contributed by atoms with Crippen molar-refractivity contribution in [2.75, 3.05) is 13.6 Å². The van der Waals surface area contributed by atoms with Gasteiger partial charge in [0.15, 0.2) is 0 Å². The summed E-state index contributed by atoms with van der Waals surface area (Å²) in [5, 5.41) is 9.40. The Labute approximate surface area is 151 Å². The molecule has 3 rings (SSSR count). The fourth-order valence-corrected chi connectivity index (χ4v) is 3.47. The molecule has 6 heteroatoms. The second-order valence-electron chi connectivity index (χ2n) is 5.99. The van der Waals surface area contributed by atoms with Crippen LogP contribution in [0.2, 0.25) is 0 Å². The summed E-state index contributed by atoms with van der Waals surface area (Å²) < 4.78 is 1.85. The number of rotatable bonds is 6. The lowest BCUT2D eigenvalue weighted by molar-refractivity contribution is 0.207. The molecule has 0 saturated heterocycles. The maximum Gasteiger partial charge on any atom is 0.317 e. The van der Waals surface area contributed by atoms with Crippen LogP contribution in [0.25, 0.3) is 5.69 Å². The minimum atomic E-state index is -0.0525. The summed E-state index contributed by atoms with van der Waals surface area (Å²) in [6.07, 6.45) is 4.60. The highest BCUT2D eigenvalue weighted by molar-refractivity contribution is 7.10. The van der Waals surface area contributed by atoms with Crippen molar-refractivity contribution < 1.29 is 4.79 Å². The van der Waals surface area contributed by atoms with Crippen LogP contribution in [0, 0.1) is 6.92 Å². The summed E-state index contributed by atoms with van der Waals surface area (Å²) in [4.78, 5) is 15.1. The first-order valence-corrected chi connectivity index (χ1v) is 9.12. The van der Waals surface area contributed by atoms with Crippen molar-refractivity contribution in [2.45, 2.75) is 19.9 Å². The molecule has 5 nitrogen and oxygen atoms in total. The highest BCUT2D eigenvalue weighted by atomic mass is 32.1. The van der Waals surface area contributed by atoms with Crippen LogP contribution in [0.3, 0.4) is 0 Å². The number of nitrogens with one attached hydrogen (secondary N) is 1. The third-order valence-electron chi connectivity index (χ3n) is 4.04. The highest BCUT2D eigenvalue weighted by Gasteiger charge is 2.11. The first-order chi connectivity index (χ1) is 12.1. The van der Waals surface area contributed by atoms with Crippen molar-refractivity contribution in [1.82, 2.24) is 20.0 Å². The molecule has 1 aromatic carbocycles. The Kier molecular flexibility index (Phi) is 5.50. The molecule has 0 bridgehead atoms. The fourth-order valence-electron chi connectivity index (χ4n) is 2.51. The zero-order chi connectivity index (χ0) is 17.6. The Bertz CT molecular complexity index is 825. The molecule has 2 amide bonds. The molecule has 3 aromatic rings. The van der Waals surface area contributed by atoms with Crippen molar-refractivity contribution in [3.05, 3.63) is 70.2 Å². The SMILES string of the molecule is Cc1ccsc1CN(C)C(=O)NCCc1cnn(-c2ccccc2)c1. The van der Waals surface area contributed by atoms with Gasteiger partial charge in [-0.05, 0) is 48.1 Å². The van der Waals surface area contributed by atoms with Gasteiger partial charge in [0.25, 0.3) is 0 Å². The van der Waals surface area contributed by atoms with Crippen molar-refractivity contribution in [3.8, 4) is 5.69 Å². The van der Waals surface area contributed by atoms with E-state index in [2.05, 4.69) is 28.8 Å². The van der Waals surface area contributed by atoms with Crippen LogP contribution in [0.4, 0.5) is 4.79 Å². The van der Waals surface area contributed by atoms with Crippen molar-refractivity contribution in [2.24, 2.45) is 0 Å². The Hall–Kier alpha value is -2.60. The number of urea groups is 1. The van der Waals surface area contributed by atoms with Gasteiger partial charge in [-0.15, -0.1) is 11.3 Å². The largest absolute Gasteiger partial charge is 0.338 e. The van der Waals surface area contributed by atoms with E-state index in [0.29, 0.717) is 13.1 Å². The molecular formula is C19H22N4OS. The zero-order valence-corrected chi connectivity index (χ0v) is 15.3. The number of carbonyl (C=O) groups is 1. The van der Waals surface area contributed by atoms with E-state index in [-0.39, 0.29) is 6.03 Å². The quantitative estimate of drug-likeness (QED) is 0.735. The van der Waals surface area contributed by atoms with Gasteiger partial charge >= 0.3 is 6.03 Å². The number of aryl methyl sites for hydroxylation is 1. The molecule has 1 N–H and O–H groups in total. The molecule has 0 aliphatic carbocycles. The van der Waals surface area contributed by atoms with E-state index in [0.717, 1.165) is 17.7 Å². The molecule has 2 heterocycles. The summed E-state index contributed by atoms with van der Waals surface area (Å²) in [6, 6.07) is 12.0. The summed E-state index contributed by atoms with van der Waals surface area (Å²) in [5.41, 5.74) is 3.36. The van der Waals surface area contributed by atoms with Crippen LogP contribution in [-0.4, -0.2) is 34.3 Å². The normalized spacial score (nSPS) is 10.6. The van der Waals surface area contributed by atoms with Crippen LogP contribution < -0.4 is 5.32 Å². The molecule has 0 saturated carbocycles. The third-order valence-corrected chi connectivity index (χ3v) is 5.05. The van der Waals surface area contributed by atoms with E-state index in [4.69, 9.17) is 0 Å². The van der Waals surface area contributed by atoms with Crippen molar-refractivity contribution in [3.63, 3.8) is 0 Å². The van der Waals surface area contributed by atoms with Gasteiger partial charge in [0.2, 0.25) is 0 Å². The van der Waals surface area contributed by atoms with Gasteiger partial charge in [-0.2, -0.15) is 5.10 Å². The number of hydrogen-bond acceptors (Lipinski definition) is 3. The predicted molar refractivity (Wildman–Crippen MR) is 101 cm³/mol. The molecule has 0 radical (unpaired) electrons. The van der Waals surface area contributed by atoms with Gasteiger partial charge in [-0.1, -0.05) is 18.2 Å². The van der Waals surface area contributed by atoms with E-state index < -0.39 is 0 Å². The van der Waals surface area contributed by atoms with Crippen LogP contribution >= 0.6 is 11.3 Å². The number of aromatic nitrogens is 2.